The Hall–Kier alpha value is -1.53. The molecule has 0 bridgehead atoms. The van der Waals surface area contributed by atoms with Gasteiger partial charge in [-0.25, -0.2) is 4.39 Å². The van der Waals surface area contributed by atoms with E-state index in [2.05, 4.69) is 5.32 Å². The van der Waals surface area contributed by atoms with Crippen LogP contribution in [0.2, 0.25) is 0 Å². The summed E-state index contributed by atoms with van der Waals surface area (Å²) in [6.45, 7) is 3.97. The Morgan fingerprint density at radius 1 is 1.50 bits per heavy atom. The molecule has 2 rings (SSSR count). The van der Waals surface area contributed by atoms with Gasteiger partial charge in [-0.1, -0.05) is 0 Å². The van der Waals surface area contributed by atoms with Crippen LogP contribution >= 0.6 is 0 Å². The van der Waals surface area contributed by atoms with Gasteiger partial charge in [0, 0.05) is 38.8 Å². The molecule has 112 valence electrons. The van der Waals surface area contributed by atoms with Gasteiger partial charge in [0.05, 0.1) is 24.6 Å². The van der Waals surface area contributed by atoms with Crippen molar-refractivity contribution in [1.29, 1.82) is 0 Å². The highest BCUT2D eigenvalue weighted by molar-refractivity contribution is 5.68. The summed E-state index contributed by atoms with van der Waals surface area (Å²) in [5.74, 6) is -0.265. The maximum absolute atomic E-state index is 13.6. The molecule has 1 atom stereocenters. The van der Waals surface area contributed by atoms with E-state index in [0.29, 0.717) is 37.7 Å². The number of hydrogen-bond acceptors (Lipinski definition) is 5. The second kappa shape index (κ2) is 6.28. The molecule has 0 aromatic heterocycles. The molecule has 1 aliphatic heterocycles. The number of nitrogens with one attached hydrogen (secondary N) is 1. The molecule has 0 saturated carbocycles. The number of hydrogen-bond donors (Lipinski definition) is 2. The third-order valence-corrected chi connectivity index (χ3v) is 3.51. The number of rotatable bonds is 6. The number of nitrogens with two attached hydrogens (primary N) is 1. The lowest BCUT2D eigenvalue weighted by atomic mass is 10.0. The first kappa shape index (κ1) is 14.9. The molecule has 1 aromatic rings. The number of methoxy groups -OCH3 is 1. The van der Waals surface area contributed by atoms with Crippen molar-refractivity contribution in [2.45, 2.75) is 18.9 Å². The number of halogens is 1. The van der Waals surface area contributed by atoms with Crippen molar-refractivity contribution in [1.82, 2.24) is 0 Å². The van der Waals surface area contributed by atoms with Gasteiger partial charge in [0.25, 0.3) is 0 Å². The van der Waals surface area contributed by atoms with Gasteiger partial charge >= 0.3 is 0 Å². The fraction of sp³-hybridized carbons (Fsp3) is 0.571. The Kier molecular flexibility index (Phi) is 4.67. The number of ether oxygens (including phenoxy) is 3. The lowest BCUT2D eigenvalue weighted by molar-refractivity contribution is -0.00619. The van der Waals surface area contributed by atoms with E-state index in [0.717, 1.165) is 6.42 Å². The van der Waals surface area contributed by atoms with Gasteiger partial charge in [-0.05, 0) is 6.92 Å². The maximum atomic E-state index is 13.6. The first-order chi connectivity index (χ1) is 9.60. The highest BCUT2D eigenvalue weighted by Gasteiger charge is 2.34. The fourth-order valence-electron chi connectivity index (χ4n) is 2.21. The summed E-state index contributed by atoms with van der Waals surface area (Å²) in [7, 11) is 1.66. The zero-order chi connectivity index (χ0) is 14.6. The quantitative estimate of drug-likeness (QED) is 0.782. The minimum atomic E-state index is -0.458. The maximum Gasteiger partial charge on any atom is 0.167 e. The fourth-order valence-corrected chi connectivity index (χ4v) is 2.21. The molecule has 1 fully saturated rings. The summed E-state index contributed by atoms with van der Waals surface area (Å²) in [4.78, 5) is 0. The van der Waals surface area contributed by atoms with Gasteiger partial charge in [-0.15, -0.1) is 0 Å². The average Bonchev–Trinajstić information content (AvgIpc) is 2.90. The van der Waals surface area contributed by atoms with Gasteiger partial charge in [0.15, 0.2) is 11.6 Å². The van der Waals surface area contributed by atoms with Crippen molar-refractivity contribution in [3.63, 3.8) is 0 Å². The van der Waals surface area contributed by atoms with Crippen LogP contribution in [0.5, 0.6) is 5.75 Å². The Morgan fingerprint density at radius 2 is 2.30 bits per heavy atom. The van der Waals surface area contributed by atoms with E-state index in [1.54, 1.807) is 20.1 Å². The predicted molar refractivity (Wildman–Crippen MR) is 75.6 cm³/mol. The van der Waals surface area contributed by atoms with Crippen LogP contribution in [-0.2, 0) is 9.47 Å². The highest BCUT2D eigenvalue weighted by atomic mass is 19.1. The molecule has 5 nitrogen and oxygen atoms in total. The smallest absolute Gasteiger partial charge is 0.167 e. The Balaban J connectivity index is 2.10. The van der Waals surface area contributed by atoms with E-state index < -0.39 is 5.82 Å². The largest absolute Gasteiger partial charge is 0.491 e. The van der Waals surface area contributed by atoms with Crippen molar-refractivity contribution < 1.29 is 18.6 Å². The number of anilines is 2. The average molecular weight is 284 g/mol. The zero-order valence-corrected chi connectivity index (χ0v) is 11.9. The van der Waals surface area contributed by atoms with E-state index >= 15 is 0 Å². The number of benzene rings is 1. The normalized spacial score (nSPS) is 21.9. The first-order valence-electron chi connectivity index (χ1n) is 6.69. The first-order valence-corrected chi connectivity index (χ1v) is 6.69. The molecule has 20 heavy (non-hydrogen) atoms. The molecule has 0 spiro atoms. The predicted octanol–water partition coefficient (Wildman–Crippen LogP) is 2.02. The molecular formula is C14H21FN2O3. The van der Waals surface area contributed by atoms with Crippen LogP contribution < -0.4 is 15.8 Å². The van der Waals surface area contributed by atoms with E-state index in [1.165, 1.54) is 6.07 Å². The van der Waals surface area contributed by atoms with Gasteiger partial charge < -0.3 is 25.3 Å². The van der Waals surface area contributed by atoms with Crippen molar-refractivity contribution in [2.24, 2.45) is 0 Å². The van der Waals surface area contributed by atoms with Crippen molar-refractivity contribution in [3.05, 3.63) is 17.9 Å². The number of nitrogen functional groups attached to an aromatic ring is 1. The molecule has 0 aliphatic carbocycles. The van der Waals surface area contributed by atoms with Crippen LogP contribution in [-0.4, -0.2) is 39.1 Å². The molecule has 1 unspecified atom stereocenters. The molecule has 0 radical (unpaired) electrons. The molecule has 0 amide bonds. The third kappa shape index (κ3) is 3.13. The van der Waals surface area contributed by atoms with Gasteiger partial charge in [0.1, 0.15) is 5.60 Å². The van der Waals surface area contributed by atoms with Crippen LogP contribution in [0.3, 0.4) is 0 Å². The topological polar surface area (TPSA) is 65.7 Å². The molecule has 6 heteroatoms. The van der Waals surface area contributed by atoms with E-state index in [1.807, 2.05) is 0 Å². The molecule has 1 aliphatic rings. The summed E-state index contributed by atoms with van der Waals surface area (Å²) in [6, 6.07) is 2.84. The lowest BCUT2D eigenvalue weighted by Crippen LogP contribution is -2.39. The minimum Gasteiger partial charge on any atom is -0.491 e. The van der Waals surface area contributed by atoms with Crippen LogP contribution in [0, 0.1) is 5.82 Å². The molecule has 1 saturated heterocycles. The lowest BCUT2D eigenvalue weighted by Gasteiger charge is -2.27. The van der Waals surface area contributed by atoms with Crippen molar-refractivity contribution in [3.8, 4) is 5.75 Å². The van der Waals surface area contributed by atoms with E-state index in [9.17, 15) is 4.39 Å². The molecular weight excluding hydrogens is 263 g/mol. The molecule has 1 heterocycles. The molecule has 1 aromatic carbocycles. The van der Waals surface area contributed by atoms with Crippen LogP contribution in [0.15, 0.2) is 12.1 Å². The summed E-state index contributed by atoms with van der Waals surface area (Å²) in [5.41, 5.74) is 6.45. The summed E-state index contributed by atoms with van der Waals surface area (Å²) >= 11 is 0. The van der Waals surface area contributed by atoms with Crippen LogP contribution in [0.4, 0.5) is 15.8 Å². The monoisotopic (exact) mass is 284 g/mol. The van der Waals surface area contributed by atoms with Crippen LogP contribution in [0.25, 0.3) is 0 Å². The van der Waals surface area contributed by atoms with Crippen molar-refractivity contribution >= 4 is 11.4 Å². The Morgan fingerprint density at radius 3 is 2.90 bits per heavy atom. The Labute approximate surface area is 118 Å². The Bertz CT molecular complexity index is 462. The molecule has 3 N–H and O–H groups in total. The van der Waals surface area contributed by atoms with Crippen molar-refractivity contribution in [2.75, 3.05) is 44.5 Å². The standard InChI is InChI=1S/C14H21FN2O3/c1-3-20-13-7-12(11(16)6-10(13)15)17-8-14(18-2)4-5-19-9-14/h6-7,17H,3-5,8-9,16H2,1-2H3. The van der Waals surface area contributed by atoms with E-state index in [-0.39, 0.29) is 11.4 Å². The highest BCUT2D eigenvalue weighted by Crippen LogP contribution is 2.30. The van der Waals surface area contributed by atoms with Crippen LogP contribution in [0.1, 0.15) is 13.3 Å². The summed E-state index contributed by atoms with van der Waals surface area (Å²) in [6.07, 6.45) is 0.815. The summed E-state index contributed by atoms with van der Waals surface area (Å²) in [5, 5.41) is 3.20. The van der Waals surface area contributed by atoms with Gasteiger partial charge in [-0.2, -0.15) is 0 Å². The van der Waals surface area contributed by atoms with Gasteiger partial charge in [0.2, 0.25) is 0 Å². The SMILES string of the molecule is CCOc1cc(NCC2(OC)CCOC2)c(N)cc1F. The minimum absolute atomic E-state index is 0.193. The summed E-state index contributed by atoms with van der Waals surface area (Å²) < 4.78 is 29.8. The second-order valence-corrected chi connectivity index (χ2v) is 4.85. The third-order valence-electron chi connectivity index (χ3n) is 3.51. The zero-order valence-electron chi connectivity index (χ0n) is 11.9. The van der Waals surface area contributed by atoms with Gasteiger partial charge in [-0.3, -0.25) is 0 Å². The van der Waals surface area contributed by atoms with E-state index in [4.69, 9.17) is 19.9 Å². The second-order valence-electron chi connectivity index (χ2n) is 4.85.